The average Bonchev–Trinajstić information content (AvgIpc) is 2.36. The molecule has 2 rings (SSSR count). The molecule has 1 aromatic rings. The van der Waals surface area contributed by atoms with Gasteiger partial charge in [-0.15, -0.1) is 0 Å². The van der Waals surface area contributed by atoms with Gasteiger partial charge in [-0.25, -0.2) is 0 Å². The van der Waals surface area contributed by atoms with Crippen LogP contribution >= 0.6 is 0 Å². The number of rotatable bonds is 4. The Balaban J connectivity index is 1.83. The number of nitrogens with two attached hydrogens (primary N) is 2. The van der Waals surface area contributed by atoms with Crippen molar-refractivity contribution in [3.63, 3.8) is 0 Å². The van der Waals surface area contributed by atoms with Crippen molar-refractivity contribution in [3.05, 3.63) is 18.2 Å². The van der Waals surface area contributed by atoms with Crippen molar-refractivity contribution >= 4 is 11.4 Å². The van der Waals surface area contributed by atoms with Crippen LogP contribution in [-0.2, 0) is 0 Å². The van der Waals surface area contributed by atoms with E-state index in [1.165, 1.54) is 13.1 Å². The third-order valence-corrected chi connectivity index (χ3v) is 3.97. The number of anilines is 2. The lowest BCUT2D eigenvalue weighted by Crippen LogP contribution is -2.57. The minimum Gasteiger partial charge on any atom is -0.486 e. The van der Waals surface area contributed by atoms with Crippen molar-refractivity contribution in [3.8, 4) is 5.75 Å². The molecule has 5 nitrogen and oxygen atoms in total. The number of quaternary nitrogens is 1. The van der Waals surface area contributed by atoms with Gasteiger partial charge in [0, 0.05) is 18.8 Å². The third kappa shape index (κ3) is 3.75. The van der Waals surface area contributed by atoms with E-state index in [0.717, 1.165) is 29.9 Å². The fourth-order valence-electron chi connectivity index (χ4n) is 2.35. The number of benzene rings is 1. The van der Waals surface area contributed by atoms with Crippen LogP contribution in [0.1, 0.15) is 0 Å². The quantitative estimate of drug-likeness (QED) is 0.619. The molecule has 0 aromatic heterocycles. The summed E-state index contributed by atoms with van der Waals surface area (Å²) in [5.74, 6) is 0.731. The molecule has 1 saturated heterocycles. The molecule has 1 aliphatic heterocycles. The van der Waals surface area contributed by atoms with E-state index in [2.05, 4.69) is 19.0 Å². The number of hydrogen-bond acceptors (Lipinski definition) is 4. The number of nitrogen functional groups attached to an aromatic ring is 2. The van der Waals surface area contributed by atoms with Crippen LogP contribution in [0.2, 0.25) is 0 Å². The molecule has 0 atom stereocenters. The maximum atomic E-state index is 5.87. The standard InChI is InChI=1S/C14H25N4O/c1-17-5-7-18(2,8-6-17)9-10-19-14-4-3-12(15)11-13(14)16/h3-4,11H,5-10,15-16H2,1-2H3/q+1. The molecule has 0 bridgehead atoms. The van der Waals surface area contributed by atoms with E-state index in [4.69, 9.17) is 16.2 Å². The molecule has 0 aliphatic carbocycles. The maximum absolute atomic E-state index is 5.87. The largest absolute Gasteiger partial charge is 0.486 e. The molecule has 0 amide bonds. The maximum Gasteiger partial charge on any atom is 0.142 e. The summed E-state index contributed by atoms with van der Waals surface area (Å²) in [6, 6.07) is 5.40. The van der Waals surface area contributed by atoms with E-state index < -0.39 is 0 Å². The smallest absolute Gasteiger partial charge is 0.142 e. The van der Waals surface area contributed by atoms with Crippen LogP contribution in [0.15, 0.2) is 18.2 Å². The van der Waals surface area contributed by atoms with Gasteiger partial charge in [0.2, 0.25) is 0 Å². The Hall–Kier alpha value is -1.46. The Kier molecular flexibility index (Phi) is 4.17. The second kappa shape index (κ2) is 5.67. The van der Waals surface area contributed by atoms with Gasteiger partial charge in [-0.05, 0) is 25.2 Å². The molecule has 0 spiro atoms. The first-order valence-corrected chi connectivity index (χ1v) is 6.78. The van der Waals surface area contributed by atoms with Crippen molar-refractivity contribution in [1.82, 2.24) is 4.90 Å². The van der Waals surface area contributed by atoms with Gasteiger partial charge in [-0.2, -0.15) is 0 Å². The average molecular weight is 265 g/mol. The molecule has 1 fully saturated rings. The van der Waals surface area contributed by atoms with Crippen molar-refractivity contribution in [2.24, 2.45) is 0 Å². The van der Waals surface area contributed by atoms with Gasteiger partial charge in [0.15, 0.2) is 0 Å². The lowest BCUT2D eigenvalue weighted by atomic mass is 10.2. The highest BCUT2D eigenvalue weighted by atomic mass is 16.5. The van der Waals surface area contributed by atoms with E-state index >= 15 is 0 Å². The zero-order valence-electron chi connectivity index (χ0n) is 11.9. The van der Waals surface area contributed by atoms with Crippen LogP contribution in [0.4, 0.5) is 11.4 Å². The Morgan fingerprint density at radius 1 is 1.26 bits per heavy atom. The highest BCUT2D eigenvalue weighted by molar-refractivity contribution is 5.60. The zero-order valence-corrected chi connectivity index (χ0v) is 11.9. The van der Waals surface area contributed by atoms with Gasteiger partial charge in [0.05, 0.1) is 25.8 Å². The Morgan fingerprint density at radius 3 is 2.58 bits per heavy atom. The van der Waals surface area contributed by atoms with Gasteiger partial charge in [0.1, 0.15) is 18.9 Å². The highest BCUT2D eigenvalue weighted by Crippen LogP contribution is 2.23. The van der Waals surface area contributed by atoms with Crippen LogP contribution in [0.3, 0.4) is 0 Å². The molecule has 106 valence electrons. The van der Waals surface area contributed by atoms with Gasteiger partial charge in [-0.3, -0.25) is 4.90 Å². The SMILES string of the molecule is CN1CC[N+](C)(CCOc2ccc(N)cc2N)CC1. The van der Waals surface area contributed by atoms with E-state index in [-0.39, 0.29) is 0 Å². The van der Waals surface area contributed by atoms with Gasteiger partial charge in [-0.1, -0.05) is 0 Å². The number of likely N-dealkylation sites (N-methyl/N-ethyl adjacent to an activating group) is 2. The minimum atomic E-state index is 0.612. The molecule has 0 saturated carbocycles. The number of piperazine rings is 1. The minimum absolute atomic E-state index is 0.612. The first-order chi connectivity index (χ1) is 8.98. The molecule has 1 aromatic carbocycles. The summed E-state index contributed by atoms with van der Waals surface area (Å²) in [5.41, 5.74) is 12.8. The summed E-state index contributed by atoms with van der Waals surface area (Å²) in [4.78, 5) is 2.37. The molecular formula is C14H25N4O+. The van der Waals surface area contributed by atoms with E-state index in [0.29, 0.717) is 18.0 Å². The van der Waals surface area contributed by atoms with Crippen LogP contribution in [-0.4, -0.2) is 62.8 Å². The van der Waals surface area contributed by atoms with Crippen LogP contribution in [0.25, 0.3) is 0 Å². The van der Waals surface area contributed by atoms with E-state index in [9.17, 15) is 0 Å². The van der Waals surface area contributed by atoms with Gasteiger partial charge in [0.25, 0.3) is 0 Å². The Labute approximate surface area is 115 Å². The van der Waals surface area contributed by atoms with Gasteiger partial charge >= 0.3 is 0 Å². The first kappa shape index (κ1) is 14.0. The van der Waals surface area contributed by atoms with E-state index in [1.807, 2.05) is 12.1 Å². The molecule has 1 heterocycles. The monoisotopic (exact) mass is 265 g/mol. The Bertz CT molecular complexity index is 427. The molecule has 0 unspecified atom stereocenters. The topological polar surface area (TPSA) is 64.5 Å². The summed E-state index contributed by atoms with van der Waals surface area (Å²) in [6.45, 7) is 6.36. The summed E-state index contributed by atoms with van der Waals surface area (Å²) < 4.78 is 6.85. The predicted octanol–water partition coefficient (Wildman–Crippen LogP) is 0.622. The fourth-order valence-corrected chi connectivity index (χ4v) is 2.35. The van der Waals surface area contributed by atoms with Gasteiger partial charge < -0.3 is 20.7 Å². The van der Waals surface area contributed by atoms with Crippen molar-refractivity contribution in [2.45, 2.75) is 0 Å². The molecule has 0 radical (unpaired) electrons. The number of hydrogen-bond donors (Lipinski definition) is 2. The molecule has 4 N–H and O–H groups in total. The van der Waals surface area contributed by atoms with Crippen LogP contribution in [0.5, 0.6) is 5.75 Å². The van der Waals surface area contributed by atoms with Crippen molar-refractivity contribution in [1.29, 1.82) is 0 Å². The number of ether oxygens (including phenoxy) is 1. The second-order valence-corrected chi connectivity index (χ2v) is 5.74. The Morgan fingerprint density at radius 2 is 1.95 bits per heavy atom. The summed E-state index contributed by atoms with van der Waals surface area (Å²) >= 11 is 0. The predicted molar refractivity (Wildman–Crippen MR) is 79.0 cm³/mol. The first-order valence-electron chi connectivity index (χ1n) is 6.78. The van der Waals surface area contributed by atoms with E-state index in [1.54, 1.807) is 6.07 Å². The van der Waals surface area contributed by atoms with Crippen LogP contribution < -0.4 is 16.2 Å². The summed E-state index contributed by atoms with van der Waals surface area (Å²) in [7, 11) is 4.47. The lowest BCUT2D eigenvalue weighted by molar-refractivity contribution is -0.913. The third-order valence-electron chi connectivity index (χ3n) is 3.97. The highest BCUT2D eigenvalue weighted by Gasteiger charge is 2.26. The molecule has 1 aliphatic rings. The molecular weight excluding hydrogens is 240 g/mol. The second-order valence-electron chi connectivity index (χ2n) is 5.74. The van der Waals surface area contributed by atoms with Crippen molar-refractivity contribution < 1.29 is 9.22 Å². The molecule has 19 heavy (non-hydrogen) atoms. The fraction of sp³-hybridized carbons (Fsp3) is 0.571. The molecule has 5 heteroatoms. The normalized spacial score (nSPS) is 19.3. The van der Waals surface area contributed by atoms with Crippen LogP contribution in [0, 0.1) is 0 Å². The lowest BCUT2D eigenvalue weighted by Gasteiger charge is -2.40. The number of nitrogens with zero attached hydrogens (tertiary/aromatic N) is 2. The zero-order chi connectivity index (χ0) is 13.9. The summed E-state index contributed by atoms with van der Waals surface area (Å²) in [6.07, 6.45) is 0. The van der Waals surface area contributed by atoms with Crippen molar-refractivity contribution in [2.75, 3.05) is 64.9 Å². The summed E-state index contributed by atoms with van der Waals surface area (Å²) in [5, 5.41) is 0.